The number of rotatable bonds is 0. The minimum Gasteiger partial charge on any atom is -0.379 e. The lowest BCUT2D eigenvalue weighted by molar-refractivity contribution is 0.0144. The molecule has 2 atom stereocenters. The second-order valence-corrected chi connectivity index (χ2v) is 9.65. The van der Waals surface area contributed by atoms with Crippen molar-refractivity contribution in [2.24, 2.45) is 0 Å². The highest BCUT2D eigenvalue weighted by atomic mass is 16.5. The number of nitrogens with zero attached hydrogens (tertiary/aromatic N) is 4. The molecule has 4 aliphatic heterocycles. The van der Waals surface area contributed by atoms with E-state index in [-0.39, 0.29) is 0 Å². The predicted octanol–water partition coefficient (Wildman–Crippen LogP) is -0.649. The van der Waals surface area contributed by atoms with Crippen molar-refractivity contribution in [3.8, 4) is 0 Å². The summed E-state index contributed by atoms with van der Waals surface area (Å²) in [6, 6.07) is 0. The van der Waals surface area contributed by atoms with E-state index in [0.29, 0.717) is 66.1 Å². The van der Waals surface area contributed by atoms with Gasteiger partial charge >= 0.3 is 0 Å². The first-order valence-corrected chi connectivity index (χ1v) is 14.3. The predicted molar refractivity (Wildman–Crippen MR) is 141 cm³/mol. The van der Waals surface area contributed by atoms with Gasteiger partial charge in [-0.25, -0.2) is 0 Å². The lowest BCUT2D eigenvalue weighted by Gasteiger charge is -2.27. The Balaban J connectivity index is 1.68. The third-order valence-corrected chi connectivity index (χ3v) is 6.99. The molecule has 0 radical (unpaired) electrons. The summed E-state index contributed by atoms with van der Waals surface area (Å²) in [6.07, 6.45) is 0. The number of hydrogen-bond acceptors (Lipinski definition) is 11. The maximum absolute atomic E-state index is 6.04. The van der Waals surface area contributed by atoms with Gasteiger partial charge in [-0.3, -0.25) is 19.6 Å². The number of hydrogen-bond donors (Lipinski definition) is 0. The Morgan fingerprint density at radius 3 is 0.568 bits per heavy atom. The quantitative estimate of drug-likeness (QED) is 0.400. The third kappa shape index (κ3) is 15.7. The largest absolute Gasteiger partial charge is 0.379 e. The van der Waals surface area contributed by atoms with Crippen LogP contribution in [0.2, 0.25) is 0 Å². The van der Waals surface area contributed by atoms with E-state index in [1.807, 2.05) is 0 Å². The van der Waals surface area contributed by atoms with Crippen LogP contribution in [0, 0.1) is 0 Å². The Kier molecular flexibility index (Phi) is 18.0. The Bertz CT molecular complexity index is 499. The minimum absolute atomic E-state index is 0.616. The van der Waals surface area contributed by atoms with Crippen LogP contribution in [0.4, 0.5) is 0 Å². The van der Waals surface area contributed by atoms with E-state index in [1.165, 1.54) is 0 Å². The molecule has 11 nitrogen and oxygen atoms in total. The van der Waals surface area contributed by atoms with Crippen molar-refractivity contribution in [1.29, 1.82) is 0 Å². The van der Waals surface area contributed by atoms with Gasteiger partial charge in [0.25, 0.3) is 0 Å². The molecule has 4 rings (SSSR count). The second-order valence-electron chi connectivity index (χ2n) is 9.65. The molecule has 4 heterocycles. The fourth-order valence-corrected chi connectivity index (χ4v) is 4.51. The molecule has 0 saturated carbocycles. The Morgan fingerprint density at radius 1 is 0.189 bits per heavy atom. The first-order valence-electron chi connectivity index (χ1n) is 14.3. The molecule has 0 aromatic heterocycles. The molecule has 218 valence electrons. The van der Waals surface area contributed by atoms with Crippen molar-refractivity contribution in [3.05, 3.63) is 0 Å². The molecule has 0 aliphatic carbocycles. The van der Waals surface area contributed by atoms with Gasteiger partial charge in [0.1, 0.15) is 0 Å². The molecule has 4 aliphatic rings. The average molecular weight is 533 g/mol. The molecule has 4 saturated heterocycles. The van der Waals surface area contributed by atoms with E-state index in [4.69, 9.17) is 33.2 Å². The van der Waals surface area contributed by atoms with Crippen LogP contribution < -0.4 is 0 Å². The summed E-state index contributed by atoms with van der Waals surface area (Å²) in [7, 11) is 0. The number of fused-ring (bicyclic) bond motifs is 27. The summed E-state index contributed by atoms with van der Waals surface area (Å²) in [5.41, 5.74) is 0. The summed E-state index contributed by atoms with van der Waals surface area (Å²) in [5, 5.41) is 0. The molecule has 0 spiro atoms. The Labute approximate surface area is 224 Å². The molecular weight excluding hydrogens is 480 g/mol. The topological polar surface area (TPSA) is 77.6 Å². The number of ether oxygens (including phenoxy) is 7. The van der Waals surface area contributed by atoms with Crippen LogP contribution in [0.25, 0.3) is 0 Å². The van der Waals surface area contributed by atoms with Gasteiger partial charge in [0.05, 0.1) is 92.5 Å². The first kappa shape index (κ1) is 31.1. The van der Waals surface area contributed by atoms with Crippen LogP contribution in [0.1, 0.15) is 0 Å². The highest BCUT2D eigenvalue weighted by molar-refractivity contribution is 4.66. The summed E-state index contributed by atoms with van der Waals surface area (Å²) in [4.78, 5) is 9.63. The van der Waals surface area contributed by atoms with E-state index >= 15 is 0 Å². The molecule has 37 heavy (non-hydrogen) atoms. The normalized spacial score (nSPS) is 33.1. The molecule has 11 heteroatoms. The molecular formula is C26H52N4O7. The maximum Gasteiger partial charge on any atom is 0.0701 e. The van der Waals surface area contributed by atoms with Crippen LogP contribution in [0.3, 0.4) is 0 Å². The summed E-state index contributed by atoms with van der Waals surface area (Å²) >= 11 is 0. The average Bonchev–Trinajstić information content (AvgIpc) is 2.90. The van der Waals surface area contributed by atoms with Gasteiger partial charge in [0.15, 0.2) is 0 Å². The van der Waals surface area contributed by atoms with Crippen molar-refractivity contribution >= 4 is 0 Å². The zero-order valence-electron chi connectivity index (χ0n) is 23.0. The summed E-state index contributed by atoms with van der Waals surface area (Å²) in [5.74, 6) is 0. The summed E-state index contributed by atoms with van der Waals surface area (Å²) in [6.45, 7) is 20.2. The van der Waals surface area contributed by atoms with Crippen molar-refractivity contribution in [2.75, 3.05) is 171 Å². The van der Waals surface area contributed by atoms with Gasteiger partial charge in [0, 0.05) is 78.5 Å². The molecule has 0 amide bonds. The Hall–Kier alpha value is -0.440. The second kappa shape index (κ2) is 21.4. The summed E-state index contributed by atoms with van der Waals surface area (Å²) < 4.78 is 41.6. The van der Waals surface area contributed by atoms with Crippen LogP contribution in [0.15, 0.2) is 0 Å². The van der Waals surface area contributed by atoms with Gasteiger partial charge in [-0.1, -0.05) is 0 Å². The van der Waals surface area contributed by atoms with Crippen LogP contribution in [-0.4, -0.2) is 191 Å². The molecule has 0 N–H and O–H groups in total. The monoisotopic (exact) mass is 532 g/mol. The van der Waals surface area contributed by atoms with Crippen LogP contribution >= 0.6 is 0 Å². The van der Waals surface area contributed by atoms with E-state index in [0.717, 1.165) is 105 Å². The van der Waals surface area contributed by atoms with Crippen molar-refractivity contribution < 1.29 is 33.2 Å². The van der Waals surface area contributed by atoms with Crippen molar-refractivity contribution in [2.45, 2.75) is 0 Å². The SMILES string of the molecule is C1COCCN2CCOCCN3CCOCCN(CCO1)CCOCCOCCN(CCOCC3)CC2. The lowest BCUT2D eigenvalue weighted by atomic mass is 10.4. The molecule has 0 aromatic carbocycles. The fraction of sp³-hybridized carbons (Fsp3) is 1.00. The van der Waals surface area contributed by atoms with Gasteiger partial charge < -0.3 is 33.2 Å². The van der Waals surface area contributed by atoms with E-state index in [1.54, 1.807) is 0 Å². The van der Waals surface area contributed by atoms with Crippen LogP contribution in [-0.2, 0) is 33.2 Å². The van der Waals surface area contributed by atoms with Gasteiger partial charge in [-0.15, -0.1) is 0 Å². The lowest BCUT2D eigenvalue weighted by Crippen LogP contribution is -2.41. The first-order chi connectivity index (χ1) is 18.4. The smallest absolute Gasteiger partial charge is 0.0701 e. The van der Waals surface area contributed by atoms with Crippen molar-refractivity contribution in [1.82, 2.24) is 19.6 Å². The highest BCUT2D eigenvalue weighted by Gasteiger charge is 2.13. The van der Waals surface area contributed by atoms with E-state index in [2.05, 4.69) is 19.6 Å². The van der Waals surface area contributed by atoms with Crippen molar-refractivity contribution in [3.63, 3.8) is 0 Å². The highest BCUT2D eigenvalue weighted by Crippen LogP contribution is 2.00. The third-order valence-electron chi connectivity index (χ3n) is 6.99. The molecule has 2 unspecified atom stereocenters. The zero-order valence-corrected chi connectivity index (χ0v) is 23.0. The molecule has 4 bridgehead atoms. The fourth-order valence-electron chi connectivity index (χ4n) is 4.51. The molecule has 4 fully saturated rings. The minimum atomic E-state index is 0.616. The van der Waals surface area contributed by atoms with E-state index < -0.39 is 0 Å². The van der Waals surface area contributed by atoms with Gasteiger partial charge in [0.2, 0.25) is 0 Å². The zero-order chi connectivity index (χ0) is 25.6. The maximum atomic E-state index is 6.04. The molecule has 0 aromatic rings. The Morgan fingerprint density at radius 2 is 0.351 bits per heavy atom. The van der Waals surface area contributed by atoms with Gasteiger partial charge in [-0.05, 0) is 0 Å². The van der Waals surface area contributed by atoms with Gasteiger partial charge in [-0.2, -0.15) is 0 Å². The van der Waals surface area contributed by atoms with E-state index in [9.17, 15) is 0 Å². The van der Waals surface area contributed by atoms with Crippen LogP contribution in [0.5, 0.6) is 0 Å². The standard InChI is InChI=1S/C26H52N4O7/c1-2-28-4-14-32-16-8-29-7-15-31-13-3-27(1)5-19-34-23-25-36-21-11-30(10-18-33-17-9-29)12-22-37-26-24-35-20-6-28/h1-26H2.